The van der Waals surface area contributed by atoms with Gasteiger partial charge in [-0.2, -0.15) is 5.26 Å². The number of amides is 1. The highest BCUT2D eigenvalue weighted by Gasteiger charge is 2.48. The van der Waals surface area contributed by atoms with Gasteiger partial charge in [-0.3, -0.25) is 4.79 Å². The first-order chi connectivity index (χ1) is 6.90. The van der Waals surface area contributed by atoms with Crippen LogP contribution in [0.2, 0.25) is 0 Å². The molecule has 0 bridgehead atoms. The molecule has 15 heavy (non-hydrogen) atoms. The average Bonchev–Trinajstić information content (AvgIpc) is 2.84. The van der Waals surface area contributed by atoms with Crippen molar-refractivity contribution in [2.24, 2.45) is 17.4 Å². The van der Waals surface area contributed by atoms with Crippen LogP contribution < -0.4 is 11.5 Å². The zero-order chi connectivity index (χ0) is 11.6. The van der Waals surface area contributed by atoms with Gasteiger partial charge in [0.2, 0.25) is 0 Å². The summed E-state index contributed by atoms with van der Waals surface area (Å²) in [7, 11) is 0. The van der Waals surface area contributed by atoms with Crippen LogP contribution in [0.5, 0.6) is 0 Å². The number of hydrogen-bond acceptors (Lipinski definition) is 4. The fourth-order valence-electron chi connectivity index (χ4n) is 1.49. The maximum Gasteiger partial charge on any atom is 0.254 e. The molecule has 0 aromatic carbocycles. The van der Waals surface area contributed by atoms with E-state index in [-0.39, 0.29) is 5.91 Å². The van der Waals surface area contributed by atoms with Gasteiger partial charge in [-0.05, 0) is 25.2 Å². The molecule has 0 unspecified atom stereocenters. The predicted octanol–water partition coefficient (Wildman–Crippen LogP) is 0.118. The smallest absolute Gasteiger partial charge is 0.254 e. The molecule has 1 fully saturated rings. The first kappa shape index (κ1) is 12.0. The van der Waals surface area contributed by atoms with Crippen molar-refractivity contribution in [3.8, 4) is 6.19 Å². The fraction of sp³-hybridized carbons (Fsp3) is 0.800. The Balaban J connectivity index is 2.62. The van der Waals surface area contributed by atoms with Crippen LogP contribution in [0.15, 0.2) is 0 Å². The standard InChI is InChI=1S/C10H18N4O/c1-7(2)5-8(12)9(15)14(6-11)10(13)3-4-10/h7-8H,3-5,12-13H2,1-2H3/t8-/m0/s1. The minimum absolute atomic E-state index is 0.331. The van der Waals surface area contributed by atoms with Gasteiger partial charge in [-0.1, -0.05) is 13.8 Å². The molecule has 1 rings (SSSR count). The second-order valence-electron chi connectivity index (χ2n) is 4.61. The summed E-state index contributed by atoms with van der Waals surface area (Å²) in [6, 6.07) is -0.620. The molecule has 0 radical (unpaired) electrons. The molecule has 4 N–H and O–H groups in total. The summed E-state index contributed by atoms with van der Waals surface area (Å²) < 4.78 is 0. The molecule has 0 saturated heterocycles. The Kier molecular flexibility index (Phi) is 3.32. The van der Waals surface area contributed by atoms with Crippen molar-refractivity contribution in [3.63, 3.8) is 0 Å². The van der Waals surface area contributed by atoms with Crippen molar-refractivity contribution < 1.29 is 4.79 Å². The van der Waals surface area contributed by atoms with Crippen LogP contribution >= 0.6 is 0 Å². The highest BCUT2D eigenvalue weighted by Crippen LogP contribution is 2.36. The number of carbonyl (C=O) groups is 1. The minimum Gasteiger partial charge on any atom is -0.320 e. The van der Waals surface area contributed by atoms with E-state index in [0.717, 1.165) is 4.90 Å². The Morgan fingerprint density at radius 3 is 2.47 bits per heavy atom. The van der Waals surface area contributed by atoms with Gasteiger partial charge in [-0.25, -0.2) is 4.90 Å². The second kappa shape index (κ2) is 4.17. The van der Waals surface area contributed by atoms with E-state index in [4.69, 9.17) is 16.7 Å². The molecule has 0 aliphatic heterocycles. The zero-order valence-corrected chi connectivity index (χ0v) is 9.23. The van der Waals surface area contributed by atoms with Gasteiger partial charge in [0.15, 0.2) is 6.19 Å². The molecular weight excluding hydrogens is 192 g/mol. The van der Waals surface area contributed by atoms with Crippen molar-refractivity contribution in [2.45, 2.75) is 44.8 Å². The number of hydrogen-bond donors (Lipinski definition) is 2. The van der Waals surface area contributed by atoms with Crippen molar-refractivity contribution in [2.75, 3.05) is 0 Å². The highest BCUT2D eigenvalue weighted by atomic mass is 16.2. The Labute approximate surface area is 90.0 Å². The van der Waals surface area contributed by atoms with E-state index in [1.54, 1.807) is 0 Å². The summed E-state index contributed by atoms with van der Waals surface area (Å²) in [5.41, 5.74) is 10.8. The van der Waals surface area contributed by atoms with E-state index in [2.05, 4.69) is 0 Å². The zero-order valence-electron chi connectivity index (χ0n) is 9.23. The molecule has 0 heterocycles. The summed E-state index contributed by atoms with van der Waals surface area (Å²) in [5.74, 6) is -0.0244. The third-order valence-corrected chi connectivity index (χ3v) is 2.57. The third kappa shape index (κ3) is 2.67. The predicted molar refractivity (Wildman–Crippen MR) is 56.0 cm³/mol. The van der Waals surface area contributed by atoms with Gasteiger partial charge in [0.25, 0.3) is 5.91 Å². The number of nitriles is 1. The molecular formula is C10H18N4O. The van der Waals surface area contributed by atoms with Gasteiger partial charge in [0, 0.05) is 0 Å². The van der Waals surface area contributed by atoms with Crippen LogP contribution in [0.4, 0.5) is 0 Å². The summed E-state index contributed by atoms with van der Waals surface area (Å²) in [4.78, 5) is 12.8. The molecule has 1 atom stereocenters. The molecule has 1 aliphatic rings. The van der Waals surface area contributed by atoms with Crippen LogP contribution in [-0.4, -0.2) is 22.5 Å². The summed E-state index contributed by atoms with van der Waals surface area (Å²) in [6.45, 7) is 3.97. The Morgan fingerprint density at radius 1 is 1.60 bits per heavy atom. The fourth-order valence-corrected chi connectivity index (χ4v) is 1.49. The number of carbonyl (C=O) groups excluding carboxylic acids is 1. The first-order valence-electron chi connectivity index (χ1n) is 5.19. The van der Waals surface area contributed by atoms with E-state index in [0.29, 0.717) is 25.2 Å². The van der Waals surface area contributed by atoms with Crippen LogP contribution in [0.3, 0.4) is 0 Å². The lowest BCUT2D eigenvalue weighted by molar-refractivity contribution is -0.132. The van der Waals surface area contributed by atoms with Crippen molar-refractivity contribution >= 4 is 5.91 Å². The van der Waals surface area contributed by atoms with E-state index in [1.807, 2.05) is 20.0 Å². The maximum atomic E-state index is 11.8. The van der Waals surface area contributed by atoms with Crippen LogP contribution in [0.25, 0.3) is 0 Å². The number of nitrogens with zero attached hydrogens (tertiary/aromatic N) is 2. The third-order valence-electron chi connectivity index (χ3n) is 2.57. The molecule has 5 heteroatoms. The van der Waals surface area contributed by atoms with Crippen molar-refractivity contribution in [1.82, 2.24) is 4.90 Å². The van der Waals surface area contributed by atoms with Gasteiger partial charge < -0.3 is 11.5 Å². The summed E-state index contributed by atoms with van der Waals surface area (Å²) >= 11 is 0. The quantitative estimate of drug-likeness (QED) is 0.391. The normalized spacial score (nSPS) is 19.5. The molecule has 1 aliphatic carbocycles. The molecule has 1 amide bonds. The summed E-state index contributed by atoms with van der Waals surface area (Å²) in [5, 5.41) is 8.87. The summed E-state index contributed by atoms with van der Waals surface area (Å²) in [6.07, 6.45) is 3.78. The van der Waals surface area contributed by atoms with Gasteiger partial charge in [0.05, 0.1) is 6.04 Å². The minimum atomic E-state index is -0.750. The molecule has 1 saturated carbocycles. The Hall–Kier alpha value is -1.12. The van der Waals surface area contributed by atoms with E-state index < -0.39 is 11.7 Å². The maximum absolute atomic E-state index is 11.8. The number of nitrogens with two attached hydrogens (primary N) is 2. The first-order valence-corrected chi connectivity index (χ1v) is 5.19. The molecule has 0 aromatic rings. The monoisotopic (exact) mass is 210 g/mol. The highest BCUT2D eigenvalue weighted by molar-refractivity contribution is 5.84. The largest absolute Gasteiger partial charge is 0.320 e. The van der Waals surface area contributed by atoms with Crippen molar-refractivity contribution in [1.29, 1.82) is 5.26 Å². The Morgan fingerprint density at radius 2 is 2.13 bits per heavy atom. The van der Waals surface area contributed by atoms with Gasteiger partial charge >= 0.3 is 0 Å². The lowest BCUT2D eigenvalue weighted by Gasteiger charge is -2.24. The van der Waals surface area contributed by atoms with E-state index in [9.17, 15) is 4.79 Å². The van der Waals surface area contributed by atoms with E-state index >= 15 is 0 Å². The van der Waals surface area contributed by atoms with E-state index in [1.165, 1.54) is 0 Å². The Bertz CT molecular complexity index is 290. The topological polar surface area (TPSA) is 96.1 Å². The van der Waals surface area contributed by atoms with Crippen LogP contribution in [-0.2, 0) is 4.79 Å². The van der Waals surface area contributed by atoms with Crippen molar-refractivity contribution in [3.05, 3.63) is 0 Å². The van der Waals surface area contributed by atoms with Crippen LogP contribution in [0.1, 0.15) is 33.1 Å². The SMILES string of the molecule is CC(C)C[C@H](N)C(=O)N(C#N)C1(N)CC1. The van der Waals surface area contributed by atoms with Gasteiger partial charge in [0.1, 0.15) is 5.66 Å². The molecule has 0 aromatic heterocycles. The number of rotatable bonds is 4. The van der Waals surface area contributed by atoms with Crippen LogP contribution in [0, 0.1) is 17.4 Å². The lowest BCUT2D eigenvalue weighted by Crippen LogP contribution is -2.51. The molecule has 5 nitrogen and oxygen atoms in total. The van der Waals surface area contributed by atoms with Gasteiger partial charge in [-0.15, -0.1) is 0 Å². The molecule has 0 spiro atoms. The lowest BCUT2D eigenvalue weighted by atomic mass is 10.0. The molecule has 84 valence electrons. The average molecular weight is 210 g/mol. The second-order valence-corrected chi connectivity index (χ2v) is 4.61.